The Morgan fingerprint density at radius 1 is 0.889 bits per heavy atom. The van der Waals surface area contributed by atoms with Crippen LogP contribution in [0.3, 0.4) is 0 Å². The number of rotatable bonds is 6. The third-order valence-corrected chi connectivity index (χ3v) is 4.95. The van der Waals surface area contributed by atoms with Gasteiger partial charge in [0.15, 0.2) is 0 Å². The van der Waals surface area contributed by atoms with E-state index in [4.69, 9.17) is 4.98 Å². The molecule has 6 nitrogen and oxygen atoms in total. The Morgan fingerprint density at radius 3 is 2.56 bits per heavy atom. The molecule has 1 aliphatic heterocycles. The molecule has 0 aliphatic carbocycles. The first-order valence-corrected chi connectivity index (χ1v) is 9.53. The number of benzene rings is 1. The minimum atomic E-state index is 0.336. The lowest BCUT2D eigenvalue weighted by Crippen LogP contribution is -2.35. The highest BCUT2D eigenvalue weighted by Gasteiger charge is 2.25. The average molecular weight is 360 g/mol. The minimum Gasteiger partial charge on any atom is -0.294 e. The van der Waals surface area contributed by atoms with Crippen LogP contribution in [0.5, 0.6) is 0 Å². The monoisotopic (exact) mass is 360 g/mol. The molecule has 1 N–H and O–H groups in total. The van der Waals surface area contributed by atoms with Gasteiger partial charge in [0.2, 0.25) is 11.9 Å². The molecule has 27 heavy (non-hydrogen) atoms. The summed E-state index contributed by atoms with van der Waals surface area (Å²) in [7, 11) is 0. The zero-order chi connectivity index (χ0) is 18.3. The molecule has 0 amide bonds. The number of hydrogen-bond donors (Lipinski definition) is 1. The average Bonchev–Trinajstić information content (AvgIpc) is 2.74. The largest absolute Gasteiger partial charge is 0.294 e. The number of anilines is 2. The summed E-state index contributed by atoms with van der Waals surface area (Å²) in [5, 5.41) is 3.09. The fourth-order valence-electron chi connectivity index (χ4n) is 3.59. The van der Waals surface area contributed by atoms with Gasteiger partial charge in [-0.1, -0.05) is 36.8 Å². The van der Waals surface area contributed by atoms with Gasteiger partial charge in [0.1, 0.15) is 0 Å². The van der Waals surface area contributed by atoms with Crippen LogP contribution in [0.2, 0.25) is 0 Å². The maximum atomic E-state index is 4.75. The van der Waals surface area contributed by atoms with Crippen LogP contribution < -0.4 is 5.32 Å². The summed E-state index contributed by atoms with van der Waals surface area (Å²) in [5.41, 5.74) is 2.45. The summed E-state index contributed by atoms with van der Waals surface area (Å²) in [6, 6.07) is 14.8. The highest BCUT2D eigenvalue weighted by molar-refractivity contribution is 5.41. The first-order chi connectivity index (χ1) is 13.4. The van der Waals surface area contributed by atoms with Crippen LogP contribution in [0, 0.1) is 0 Å². The number of piperidine rings is 1. The van der Waals surface area contributed by atoms with Crippen molar-refractivity contribution in [2.24, 2.45) is 0 Å². The van der Waals surface area contributed by atoms with Crippen molar-refractivity contribution in [3.63, 3.8) is 0 Å². The Balaban J connectivity index is 1.47. The summed E-state index contributed by atoms with van der Waals surface area (Å²) < 4.78 is 0. The van der Waals surface area contributed by atoms with E-state index in [0.29, 0.717) is 17.9 Å². The molecule has 1 aromatic carbocycles. The summed E-state index contributed by atoms with van der Waals surface area (Å²) in [5.74, 6) is 1.06. The SMILES string of the molecule is c1ccc(CCN2CCCC[C@@H]2c2ccnc(Nc3ncccn3)n2)cc1. The molecular weight excluding hydrogens is 336 g/mol. The molecule has 0 radical (unpaired) electrons. The summed E-state index contributed by atoms with van der Waals surface area (Å²) >= 11 is 0. The fraction of sp³-hybridized carbons (Fsp3) is 0.333. The van der Waals surface area contributed by atoms with E-state index in [9.17, 15) is 0 Å². The molecule has 1 aliphatic rings. The van der Waals surface area contributed by atoms with Crippen molar-refractivity contribution in [1.29, 1.82) is 0 Å². The smallest absolute Gasteiger partial charge is 0.229 e. The molecular formula is C21H24N6. The van der Waals surface area contributed by atoms with Gasteiger partial charge in [-0.2, -0.15) is 0 Å². The molecule has 138 valence electrons. The quantitative estimate of drug-likeness (QED) is 0.722. The van der Waals surface area contributed by atoms with Crippen LogP contribution >= 0.6 is 0 Å². The van der Waals surface area contributed by atoms with E-state index >= 15 is 0 Å². The molecule has 0 unspecified atom stereocenters. The number of nitrogens with zero attached hydrogens (tertiary/aromatic N) is 5. The molecule has 4 rings (SSSR count). The predicted molar refractivity (Wildman–Crippen MR) is 106 cm³/mol. The van der Waals surface area contributed by atoms with E-state index in [1.807, 2.05) is 12.3 Å². The molecule has 6 heteroatoms. The Kier molecular flexibility index (Phi) is 5.64. The maximum Gasteiger partial charge on any atom is 0.229 e. The van der Waals surface area contributed by atoms with Gasteiger partial charge < -0.3 is 0 Å². The molecule has 1 fully saturated rings. The fourth-order valence-corrected chi connectivity index (χ4v) is 3.59. The number of aromatic nitrogens is 4. The van der Waals surface area contributed by atoms with Gasteiger partial charge in [0.05, 0.1) is 11.7 Å². The van der Waals surface area contributed by atoms with Gasteiger partial charge in [-0.05, 0) is 43.5 Å². The molecule has 3 heterocycles. The van der Waals surface area contributed by atoms with Gasteiger partial charge in [0.25, 0.3) is 0 Å². The van der Waals surface area contributed by atoms with E-state index in [0.717, 1.165) is 31.6 Å². The number of hydrogen-bond acceptors (Lipinski definition) is 6. The topological polar surface area (TPSA) is 66.8 Å². The predicted octanol–water partition coefficient (Wildman–Crippen LogP) is 3.78. The maximum absolute atomic E-state index is 4.75. The molecule has 0 saturated carbocycles. The first kappa shape index (κ1) is 17.5. The van der Waals surface area contributed by atoms with Crippen molar-refractivity contribution in [2.45, 2.75) is 31.7 Å². The number of nitrogens with one attached hydrogen (secondary N) is 1. The van der Waals surface area contributed by atoms with Crippen LogP contribution in [-0.2, 0) is 6.42 Å². The zero-order valence-electron chi connectivity index (χ0n) is 15.3. The highest BCUT2D eigenvalue weighted by Crippen LogP contribution is 2.30. The summed E-state index contributed by atoms with van der Waals surface area (Å²) in [6.45, 7) is 2.16. The second-order valence-corrected chi connectivity index (χ2v) is 6.79. The van der Waals surface area contributed by atoms with E-state index in [2.05, 4.69) is 55.5 Å². The van der Waals surface area contributed by atoms with Crippen molar-refractivity contribution in [2.75, 3.05) is 18.4 Å². The Hall–Kier alpha value is -2.86. The zero-order valence-corrected chi connectivity index (χ0v) is 15.3. The van der Waals surface area contributed by atoms with E-state index in [-0.39, 0.29) is 0 Å². The van der Waals surface area contributed by atoms with Crippen molar-refractivity contribution >= 4 is 11.9 Å². The lowest BCUT2D eigenvalue weighted by Gasteiger charge is -2.35. The molecule has 3 aromatic rings. The van der Waals surface area contributed by atoms with E-state index in [1.165, 1.54) is 18.4 Å². The first-order valence-electron chi connectivity index (χ1n) is 9.53. The van der Waals surface area contributed by atoms with Crippen LogP contribution in [0.15, 0.2) is 61.1 Å². The van der Waals surface area contributed by atoms with Crippen molar-refractivity contribution < 1.29 is 0 Å². The Labute approximate surface area is 159 Å². The van der Waals surface area contributed by atoms with Crippen LogP contribution in [0.25, 0.3) is 0 Å². The van der Waals surface area contributed by atoms with E-state index in [1.54, 1.807) is 18.5 Å². The van der Waals surface area contributed by atoms with Crippen LogP contribution in [-0.4, -0.2) is 37.9 Å². The lowest BCUT2D eigenvalue weighted by molar-refractivity contribution is 0.147. The van der Waals surface area contributed by atoms with Crippen LogP contribution in [0.1, 0.15) is 36.6 Å². The Bertz CT molecular complexity index is 840. The van der Waals surface area contributed by atoms with Gasteiger partial charge in [0, 0.05) is 25.1 Å². The normalized spacial score (nSPS) is 17.6. The highest BCUT2D eigenvalue weighted by atomic mass is 15.2. The van der Waals surface area contributed by atoms with Crippen molar-refractivity contribution in [3.05, 3.63) is 72.3 Å². The van der Waals surface area contributed by atoms with Crippen LogP contribution in [0.4, 0.5) is 11.9 Å². The molecule has 0 spiro atoms. The molecule has 0 bridgehead atoms. The van der Waals surface area contributed by atoms with Gasteiger partial charge in [-0.25, -0.2) is 19.9 Å². The van der Waals surface area contributed by atoms with Gasteiger partial charge in [-0.3, -0.25) is 10.2 Å². The minimum absolute atomic E-state index is 0.336. The Morgan fingerprint density at radius 2 is 1.70 bits per heavy atom. The molecule has 1 atom stereocenters. The second kappa shape index (κ2) is 8.68. The van der Waals surface area contributed by atoms with E-state index < -0.39 is 0 Å². The van der Waals surface area contributed by atoms with Crippen molar-refractivity contribution in [3.8, 4) is 0 Å². The van der Waals surface area contributed by atoms with Crippen molar-refractivity contribution in [1.82, 2.24) is 24.8 Å². The summed E-state index contributed by atoms with van der Waals surface area (Å²) in [6.07, 6.45) is 9.90. The summed E-state index contributed by atoms with van der Waals surface area (Å²) in [4.78, 5) is 20.0. The van der Waals surface area contributed by atoms with Gasteiger partial charge >= 0.3 is 0 Å². The standard InChI is InChI=1S/C21H24N6/c1-2-7-17(8-3-1)11-16-27-15-5-4-9-19(27)18-10-14-24-21(25-18)26-20-22-12-6-13-23-20/h1-3,6-8,10,12-14,19H,4-5,9,11,15-16H2,(H,22,23,24,25,26)/t19-/m1/s1. The lowest BCUT2D eigenvalue weighted by atomic mass is 9.98. The molecule has 1 saturated heterocycles. The number of likely N-dealkylation sites (tertiary alicyclic amines) is 1. The molecule has 2 aromatic heterocycles. The third-order valence-electron chi connectivity index (χ3n) is 4.95. The third kappa shape index (κ3) is 4.65. The van der Waals surface area contributed by atoms with Gasteiger partial charge in [-0.15, -0.1) is 0 Å². The second-order valence-electron chi connectivity index (χ2n) is 6.79.